The van der Waals surface area contributed by atoms with Crippen LogP contribution in [0.1, 0.15) is 1.37 Å². The SMILES string of the molecule is Cl.[2H]COC[C@H](NS(=O)(=O)c1ccc2c(Cl)cnc(N=C(N)N)c2c1)C(=O)O. The fourth-order valence-corrected chi connectivity index (χ4v) is 3.49. The van der Waals surface area contributed by atoms with Gasteiger partial charge in [-0.1, -0.05) is 17.7 Å². The molecule has 1 aromatic heterocycles. The molecule has 2 rings (SSSR count). The molecule has 1 aromatic carbocycles. The van der Waals surface area contributed by atoms with E-state index >= 15 is 0 Å². The molecule has 2 aromatic rings. The highest BCUT2D eigenvalue weighted by atomic mass is 35.5. The number of aromatic nitrogens is 1. The number of nitrogens with two attached hydrogens (primary N) is 2. The zero-order chi connectivity index (χ0) is 20.2. The molecule has 27 heavy (non-hydrogen) atoms. The largest absolute Gasteiger partial charge is 0.480 e. The summed E-state index contributed by atoms with van der Waals surface area (Å²) in [6.07, 6.45) is 1.32. The Kier molecular flexibility index (Phi) is 7.16. The van der Waals surface area contributed by atoms with Gasteiger partial charge in [-0.2, -0.15) is 9.71 Å². The van der Waals surface area contributed by atoms with Gasteiger partial charge in [-0.15, -0.1) is 12.4 Å². The van der Waals surface area contributed by atoms with E-state index in [1.807, 2.05) is 4.72 Å². The van der Waals surface area contributed by atoms with Crippen molar-refractivity contribution < 1.29 is 24.4 Å². The van der Waals surface area contributed by atoms with Gasteiger partial charge in [0, 0.05) is 24.1 Å². The summed E-state index contributed by atoms with van der Waals surface area (Å²) in [5, 5.41) is 10.1. The molecule has 0 saturated carbocycles. The molecule has 0 radical (unpaired) electrons. The number of hydrogen-bond acceptors (Lipinski definition) is 6. The van der Waals surface area contributed by atoms with E-state index in [4.69, 9.17) is 29.5 Å². The molecule has 0 saturated heterocycles. The molecule has 1 heterocycles. The lowest BCUT2D eigenvalue weighted by Crippen LogP contribution is -2.43. The van der Waals surface area contributed by atoms with Gasteiger partial charge >= 0.3 is 5.97 Å². The second-order valence-corrected chi connectivity index (χ2v) is 7.18. The van der Waals surface area contributed by atoms with Gasteiger partial charge in [0.25, 0.3) is 0 Å². The normalized spacial score (nSPS) is 12.7. The lowest BCUT2D eigenvalue weighted by Gasteiger charge is -2.14. The van der Waals surface area contributed by atoms with Crippen molar-refractivity contribution in [2.24, 2.45) is 16.5 Å². The minimum Gasteiger partial charge on any atom is -0.480 e. The minimum atomic E-state index is -4.24. The first-order chi connectivity index (χ1) is 12.7. The number of carbonyl (C=O) groups is 1. The van der Waals surface area contributed by atoms with Crippen LogP contribution in [0.3, 0.4) is 0 Å². The zero-order valence-electron chi connectivity index (χ0n) is 14.6. The molecule has 148 valence electrons. The second kappa shape index (κ2) is 9.15. The number of pyridine rings is 1. The number of rotatable bonds is 7. The number of ether oxygens (including phenoxy) is 1. The molecule has 13 heteroatoms. The fraction of sp³-hybridized carbons (Fsp3) is 0.214. The van der Waals surface area contributed by atoms with Crippen molar-refractivity contribution >= 4 is 62.6 Å². The quantitative estimate of drug-likeness (QED) is 0.359. The van der Waals surface area contributed by atoms with Gasteiger partial charge in [0.1, 0.15) is 6.04 Å². The first-order valence-electron chi connectivity index (χ1n) is 7.66. The maximum atomic E-state index is 12.6. The van der Waals surface area contributed by atoms with Crippen LogP contribution in [0.2, 0.25) is 5.02 Å². The van der Waals surface area contributed by atoms with E-state index in [1.54, 1.807) is 0 Å². The number of benzene rings is 1. The topological polar surface area (TPSA) is 170 Å². The van der Waals surface area contributed by atoms with Crippen LogP contribution in [-0.2, 0) is 19.6 Å². The van der Waals surface area contributed by atoms with Gasteiger partial charge in [0.05, 0.1) is 17.9 Å². The van der Waals surface area contributed by atoms with Gasteiger partial charge in [-0.25, -0.2) is 13.4 Å². The molecular formula is C14H17Cl2N5O5S. The Labute approximate surface area is 167 Å². The number of aliphatic imine (C=N–C) groups is 1. The summed E-state index contributed by atoms with van der Waals surface area (Å²) in [4.78, 5) is 18.8. The molecule has 0 spiro atoms. The molecule has 0 amide bonds. The van der Waals surface area contributed by atoms with E-state index in [-0.39, 0.29) is 39.5 Å². The van der Waals surface area contributed by atoms with Crippen LogP contribution in [0.4, 0.5) is 5.82 Å². The third kappa shape index (κ3) is 5.40. The van der Waals surface area contributed by atoms with E-state index in [1.165, 1.54) is 24.4 Å². The first-order valence-corrected chi connectivity index (χ1v) is 8.82. The van der Waals surface area contributed by atoms with Crippen LogP contribution in [0, 0.1) is 0 Å². The maximum Gasteiger partial charge on any atom is 0.324 e. The van der Waals surface area contributed by atoms with Crippen molar-refractivity contribution in [1.29, 1.82) is 0 Å². The monoisotopic (exact) mass is 438 g/mol. The molecule has 6 N–H and O–H groups in total. The number of nitrogens with zero attached hydrogens (tertiary/aromatic N) is 2. The highest BCUT2D eigenvalue weighted by Crippen LogP contribution is 2.31. The summed E-state index contributed by atoms with van der Waals surface area (Å²) < 4.78 is 38.7. The number of carboxylic acids is 1. The summed E-state index contributed by atoms with van der Waals surface area (Å²) in [6, 6.07) is 2.34. The first kappa shape index (κ1) is 21.1. The summed E-state index contributed by atoms with van der Waals surface area (Å²) in [7, 11) is -4.74. The average Bonchev–Trinajstić information content (AvgIpc) is 2.60. The van der Waals surface area contributed by atoms with Crippen LogP contribution in [0.5, 0.6) is 0 Å². The van der Waals surface area contributed by atoms with Crippen molar-refractivity contribution in [3.8, 4) is 0 Å². The van der Waals surface area contributed by atoms with Crippen LogP contribution in [-0.4, -0.2) is 50.2 Å². The number of nitrogens with one attached hydrogen (secondary N) is 1. The molecule has 0 aliphatic carbocycles. The predicted molar refractivity (Wildman–Crippen MR) is 103 cm³/mol. The van der Waals surface area contributed by atoms with Gasteiger partial charge in [0.15, 0.2) is 11.8 Å². The van der Waals surface area contributed by atoms with Crippen molar-refractivity contribution in [3.05, 3.63) is 29.4 Å². The third-order valence-electron chi connectivity index (χ3n) is 3.21. The Morgan fingerprint density at radius 1 is 1.48 bits per heavy atom. The number of guanidine groups is 1. The number of hydrogen-bond donors (Lipinski definition) is 4. The van der Waals surface area contributed by atoms with Crippen molar-refractivity contribution in [3.63, 3.8) is 0 Å². The molecule has 0 aliphatic rings. The molecule has 0 unspecified atom stereocenters. The van der Waals surface area contributed by atoms with Gasteiger partial charge in [-0.05, 0) is 12.1 Å². The Hall–Kier alpha value is -2.18. The molecule has 0 bridgehead atoms. The van der Waals surface area contributed by atoms with E-state index in [9.17, 15) is 13.2 Å². The van der Waals surface area contributed by atoms with Crippen molar-refractivity contribution in [2.75, 3.05) is 13.7 Å². The highest BCUT2D eigenvalue weighted by Gasteiger charge is 2.26. The van der Waals surface area contributed by atoms with Crippen LogP contribution in [0.15, 0.2) is 34.3 Å². The van der Waals surface area contributed by atoms with Crippen molar-refractivity contribution in [1.82, 2.24) is 9.71 Å². The van der Waals surface area contributed by atoms with Crippen LogP contribution < -0.4 is 16.2 Å². The summed E-state index contributed by atoms with van der Waals surface area (Å²) in [5.74, 6) is -1.67. The lowest BCUT2D eigenvalue weighted by atomic mass is 10.1. The maximum absolute atomic E-state index is 12.6. The predicted octanol–water partition coefficient (Wildman–Crippen LogP) is 0.593. The Morgan fingerprint density at radius 3 is 2.78 bits per heavy atom. The van der Waals surface area contributed by atoms with Crippen LogP contribution in [0.25, 0.3) is 10.8 Å². The second-order valence-electron chi connectivity index (χ2n) is 5.06. The molecule has 0 aliphatic heterocycles. The van der Waals surface area contributed by atoms with Gasteiger partial charge < -0.3 is 21.3 Å². The standard InChI is InChI=1S/C14H16ClN5O5S.ClH/c1-25-6-11(13(21)22)20-26(23,24)7-2-3-8-9(4-7)12(19-14(16)17)18-5-10(8)15;/h2-5,11,20H,6H2,1H3,(H,21,22)(H4,16,17,18,19);1H/t11-;/m0./s1/i1D;. The number of sulfonamides is 1. The Morgan fingerprint density at radius 2 is 2.19 bits per heavy atom. The third-order valence-corrected chi connectivity index (χ3v) is 4.99. The van der Waals surface area contributed by atoms with E-state index in [2.05, 4.69) is 14.7 Å². The van der Waals surface area contributed by atoms with E-state index < -0.39 is 35.7 Å². The highest BCUT2D eigenvalue weighted by molar-refractivity contribution is 7.89. The van der Waals surface area contributed by atoms with Crippen molar-refractivity contribution in [2.45, 2.75) is 10.9 Å². The Balaban J connectivity index is 0.00000392. The minimum absolute atomic E-state index is 0. The fourth-order valence-electron chi connectivity index (χ4n) is 2.08. The smallest absolute Gasteiger partial charge is 0.324 e. The van der Waals surface area contributed by atoms with E-state index in [0.29, 0.717) is 5.39 Å². The van der Waals surface area contributed by atoms with Gasteiger partial charge in [-0.3, -0.25) is 4.79 Å². The zero-order valence-corrected chi connectivity index (χ0v) is 16.0. The number of methoxy groups -OCH3 is 1. The Bertz CT molecular complexity index is 1000. The number of carboxylic acid groups (broad SMARTS) is 1. The number of aliphatic carboxylic acids is 1. The summed E-state index contributed by atoms with van der Waals surface area (Å²) >= 11 is 6.06. The van der Waals surface area contributed by atoms with E-state index in [0.717, 1.165) is 0 Å². The molecular weight excluding hydrogens is 421 g/mol. The van der Waals surface area contributed by atoms with Gasteiger partial charge in [0.2, 0.25) is 10.0 Å². The molecule has 10 nitrogen and oxygen atoms in total. The average molecular weight is 439 g/mol. The molecule has 1 atom stereocenters. The summed E-state index contributed by atoms with van der Waals surface area (Å²) in [5.41, 5.74) is 10.7. The number of halogens is 2. The number of fused-ring (bicyclic) bond motifs is 1. The summed E-state index contributed by atoms with van der Waals surface area (Å²) in [6.45, 7) is -0.502. The molecule has 0 fully saturated rings. The van der Waals surface area contributed by atoms with Crippen LogP contribution >= 0.6 is 24.0 Å². The lowest BCUT2D eigenvalue weighted by molar-refractivity contribution is -0.140.